The van der Waals surface area contributed by atoms with Gasteiger partial charge in [0.15, 0.2) is 0 Å². The van der Waals surface area contributed by atoms with Gasteiger partial charge in [0.1, 0.15) is 0 Å². The van der Waals surface area contributed by atoms with Crippen LogP contribution in [0.4, 0.5) is 5.69 Å². The van der Waals surface area contributed by atoms with Crippen LogP contribution in [0.25, 0.3) is 11.1 Å². The second-order valence-corrected chi connectivity index (χ2v) is 5.74. The smallest absolute Gasteiger partial charge is 0.0429 e. The van der Waals surface area contributed by atoms with Crippen molar-refractivity contribution in [3.63, 3.8) is 0 Å². The Labute approximate surface area is 131 Å². The molecular formula is C20H18N2. The molecule has 3 aromatic rings. The summed E-state index contributed by atoms with van der Waals surface area (Å²) in [7, 11) is 0. The van der Waals surface area contributed by atoms with Gasteiger partial charge in [-0.3, -0.25) is 4.98 Å². The Hall–Kier alpha value is -2.61. The maximum atomic E-state index is 4.09. The molecule has 0 saturated heterocycles. The maximum absolute atomic E-state index is 4.09. The molecule has 2 heteroatoms. The summed E-state index contributed by atoms with van der Waals surface area (Å²) in [6.45, 7) is 2.09. The summed E-state index contributed by atoms with van der Waals surface area (Å²) < 4.78 is 0. The van der Waals surface area contributed by atoms with Gasteiger partial charge in [0, 0.05) is 31.2 Å². The van der Waals surface area contributed by atoms with Crippen molar-refractivity contribution in [3.05, 3.63) is 84.2 Å². The van der Waals surface area contributed by atoms with Gasteiger partial charge in [0.05, 0.1) is 0 Å². The second-order valence-electron chi connectivity index (χ2n) is 5.74. The van der Waals surface area contributed by atoms with Gasteiger partial charge in [-0.1, -0.05) is 36.4 Å². The molecule has 0 saturated carbocycles. The molecule has 108 valence electrons. The zero-order chi connectivity index (χ0) is 14.8. The highest BCUT2D eigenvalue weighted by atomic mass is 15.1. The molecule has 4 rings (SSSR count). The molecule has 2 nitrogen and oxygen atoms in total. The first-order chi connectivity index (χ1) is 10.9. The van der Waals surface area contributed by atoms with E-state index in [4.69, 9.17) is 0 Å². The molecule has 0 unspecified atom stereocenters. The van der Waals surface area contributed by atoms with Gasteiger partial charge in [0.2, 0.25) is 0 Å². The van der Waals surface area contributed by atoms with Crippen molar-refractivity contribution < 1.29 is 0 Å². The standard InChI is InChI=1S/C20H18N2/c1-2-4-16(5-3-1)15-22-13-10-19-14-18(6-7-20(19)22)17-8-11-21-12-9-17/h1-9,11-12,14H,10,13,15H2. The van der Waals surface area contributed by atoms with E-state index in [-0.39, 0.29) is 0 Å². The molecule has 0 fully saturated rings. The molecule has 1 aliphatic rings. The summed E-state index contributed by atoms with van der Waals surface area (Å²) in [5.41, 5.74) is 6.71. The van der Waals surface area contributed by atoms with Gasteiger partial charge in [0.25, 0.3) is 0 Å². The van der Waals surface area contributed by atoms with E-state index >= 15 is 0 Å². The van der Waals surface area contributed by atoms with Crippen LogP contribution in [0.2, 0.25) is 0 Å². The monoisotopic (exact) mass is 286 g/mol. The molecule has 0 N–H and O–H groups in total. The zero-order valence-corrected chi connectivity index (χ0v) is 12.4. The van der Waals surface area contributed by atoms with Crippen molar-refractivity contribution in [1.82, 2.24) is 4.98 Å². The van der Waals surface area contributed by atoms with Gasteiger partial charge in [-0.2, -0.15) is 0 Å². The van der Waals surface area contributed by atoms with Crippen molar-refractivity contribution >= 4 is 5.69 Å². The average molecular weight is 286 g/mol. The molecule has 0 bridgehead atoms. The highest BCUT2D eigenvalue weighted by molar-refractivity contribution is 5.70. The van der Waals surface area contributed by atoms with E-state index in [0.29, 0.717) is 0 Å². The van der Waals surface area contributed by atoms with Crippen LogP contribution in [0.3, 0.4) is 0 Å². The van der Waals surface area contributed by atoms with E-state index in [0.717, 1.165) is 19.5 Å². The highest BCUT2D eigenvalue weighted by Gasteiger charge is 2.19. The van der Waals surface area contributed by atoms with Crippen LogP contribution in [0.5, 0.6) is 0 Å². The van der Waals surface area contributed by atoms with Crippen LogP contribution < -0.4 is 4.90 Å². The lowest BCUT2D eigenvalue weighted by atomic mass is 10.0. The van der Waals surface area contributed by atoms with Crippen LogP contribution in [0, 0.1) is 0 Å². The summed E-state index contributed by atoms with van der Waals surface area (Å²) in [5.74, 6) is 0. The number of nitrogens with zero attached hydrogens (tertiary/aromatic N) is 2. The second kappa shape index (κ2) is 5.64. The number of hydrogen-bond donors (Lipinski definition) is 0. The number of hydrogen-bond acceptors (Lipinski definition) is 2. The van der Waals surface area contributed by atoms with Gasteiger partial charge in [-0.05, 0) is 52.9 Å². The Bertz CT molecular complexity index is 766. The summed E-state index contributed by atoms with van der Waals surface area (Å²) in [6.07, 6.45) is 4.83. The Morgan fingerprint density at radius 2 is 1.68 bits per heavy atom. The summed E-state index contributed by atoms with van der Waals surface area (Å²) in [4.78, 5) is 6.57. The van der Waals surface area contributed by atoms with Gasteiger partial charge in [-0.25, -0.2) is 0 Å². The molecule has 22 heavy (non-hydrogen) atoms. The lowest BCUT2D eigenvalue weighted by Gasteiger charge is -2.19. The molecule has 0 atom stereocenters. The minimum Gasteiger partial charge on any atom is -0.367 e. The first-order valence-corrected chi connectivity index (χ1v) is 7.72. The predicted molar refractivity (Wildman–Crippen MR) is 90.9 cm³/mol. The number of anilines is 1. The number of benzene rings is 2. The molecule has 0 radical (unpaired) electrons. The third kappa shape index (κ3) is 2.48. The van der Waals surface area contributed by atoms with E-state index in [1.807, 2.05) is 12.4 Å². The SMILES string of the molecule is c1ccc(CN2CCc3cc(-c4ccncc4)ccc32)cc1. The Morgan fingerprint density at radius 3 is 2.50 bits per heavy atom. The van der Waals surface area contributed by atoms with Gasteiger partial charge < -0.3 is 4.90 Å². The Kier molecular flexibility index (Phi) is 3.36. The Balaban J connectivity index is 1.61. The third-order valence-electron chi connectivity index (χ3n) is 4.30. The first-order valence-electron chi connectivity index (χ1n) is 7.72. The lowest BCUT2D eigenvalue weighted by Crippen LogP contribution is -2.19. The topological polar surface area (TPSA) is 16.1 Å². The zero-order valence-electron chi connectivity index (χ0n) is 12.4. The molecule has 0 amide bonds. The van der Waals surface area contributed by atoms with Crippen molar-refractivity contribution in [2.24, 2.45) is 0 Å². The van der Waals surface area contributed by atoms with Gasteiger partial charge >= 0.3 is 0 Å². The summed E-state index contributed by atoms with van der Waals surface area (Å²) >= 11 is 0. The van der Waals surface area contributed by atoms with Gasteiger partial charge in [-0.15, -0.1) is 0 Å². The quantitative estimate of drug-likeness (QED) is 0.713. The predicted octanol–water partition coefficient (Wildman–Crippen LogP) is 4.31. The lowest BCUT2D eigenvalue weighted by molar-refractivity contribution is 0.836. The molecule has 2 heterocycles. The fourth-order valence-corrected chi connectivity index (χ4v) is 3.16. The van der Waals surface area contributed by atoms with E-state index in [2.05, 4.69) is 70.5 Å². The molecule has 2 aromatic carbocycles. The van der Waals surface area contributed by atoms with Crippen LogP contribution in [-0.4, -0.2) is 11.5 Å². The molecule has 1 aliphatic heterocycles. The van der Waals surface area contributed by atoms with Crippen LogP contribution in [0.1, 0.15) is 11.1 Å². The van der Waals surface area contributed by atoms with Crippen LogP contribution in [0.15, 0.2) is 73.1 Å². The molecule has 0 spiro atoms. The van der Waals surface area contributed by atoms with E-state index in [1.165, 1.54) is 27.9 Å². The molecule has 1 aromatic heterocycles. The van der Waals surface area contributed by atoms with Crippen LogP contribution >= 0.6 is 0 Å². The number of rotatable bonds is 3. The van der Waals surface area contributed by atoms with Crippen molar-refractivity contribution in [2.75, 3.05) is 11.4 Å². The van der Waals surface area contributed by atoms with Crippen molar-refractivity contribution in [3.8, 4) is 11.1 Å². The fraction of sp³-hybridized carbons (Fsp3) is 0.150. The first kappa shape index (κ1) is 13.1. The number of pyridine rings is 1. The third-order valence-corrected chi connectivity index (χ3v) is 4.30. The average Bonchev–Trinajstić information content (AvgIpc) is 2.99. The highest BCUT2D eigenvalue weighted by Crippen LogP contribution is 2.33. The van der Waals surface area contributed by atoms with E-state index in [1.54, 1.807) is 0 Å². The Morgan fingerprint density at radius 1 is 0.864 bits per heavy atom. The van der Waals surface area contributed by atoms with E-state index < -0.39 is 0 Å². The maximum Gasteiger partial charge on any atom is 0.0429 e. The molecular weight excluding hydrogens is 268 g/mol. The number of fused-ring (bicyclic) bond motifs is 1. The minimum atomic E-state index is 0.989. The fourth-order valence-electron chi connectivity index (χ4n) is 3.16. The van der Waals surface area contributed by atoms with Crippen molar-refractivity contribution in [1.29, 1.82) is 0 Å². The molecule has 0 aliphatic carbocycles. The largest absolute Gasteiger partial charge is 0.367 e. The van der Waals surface area contributed by atoms with E-state index in [9.17, 15) is 0 Å². The summed E-state index contributed by atoms with van der Waals surface area (Å²) in [5, 5.41) is 0. The van der Waals surface area contributed by atoms with Crippen molar-refractivity contribution in [2.45, 2.75) is 13.0 Å². The summed E-state index contributed by atoms with van der Waals surface area (Å²) in [6, 6.07) is 21.6. The number of aromatic nitrogens is 1. The minimum absolute atomic E-state index is 0.989. The normalized spacial score (nSPS) is 13.2. The van der Waals surface area contributed by atoms with Crippen LogP contribution in [-0.2, 0) is 13.0 Å².